The maximum Gasteiger partial charge on any atom is 0.222 e. The van der Waals surface area contributed by atoms with Crippen LogP contribution in [0.2, 0.25) is 0 Å². The molecule has 0 N–H and O–H groups in total. The molecule has 1 unspecified atom stereocenters. The molecule has 1 heterocycles. The molecule has 8 atom stereocenters. The Morgan fingerprint density at radius 3 is 2.48 bits per heavy atom. The number of amides is 1. The van der Waals surface area contributed by atoms with Crippen molar-refractivity contribution in [2.24, 2.45) is 40.4 Å². The summed E-state index contributed by atoms with van der Waals surface area (Å²) in [7, 11) is 2.03. The van der Waals surface area contributed by atoms with Gasteiger partial charge in [-0.1, -0.05) is 20.8 Å². The van der Waals surface area contributed by atoms with Crippen LogP contribution in [0.15, 0.2) is 0 Å². The summed E-state index contributed by atoms with van der Waals surface area (Å²) in [6.07, 6.45) is 7.89. The first kappa shape index (κ1) is 17.5. The van der Waals surface area contributed by atoms with Gasteiger partial charge in [-0.3, -0.25) is 9.59 Å². The number of carbonyl (C=O) groups is 2. The van der Waals surface area contributed by atoms with Gasteiger partial charge in [0.05, 0.1) is 0 Å². The third-order valence-electron chi connectivity index (χ3n) is 9.34. The Balaban J connectivity index is 1.66. The topological polar surface area (TPSA) is 37.4 Å². The maximum absolute atomic E-state index is 12.4. The highest BCUT2D eigenvalue weighted by Crippen LogP contribution is 2.67. The highest BCUT2D eigenvalue weighted by atomic mass is 16.2. The zero-order valence-electron chi connectivity index (χ0n) is 16.7. The van der Waals surface area contributed by atoms with E-state index in [4.69, 9.17) is 0 Å². The molecule has 0 aromatic rings. The highest BCUT2D eigenvalue weighted by Gasteiger charge is 2.63. The second kappa shape index (κ2) is 5.57. The minimum Gasteiger partial charge on any atom is -0.342 e. The molecule has 1 aliphatic heterocycles. The van der Waals surface area contributed by atoms with Gasteiger partial charge in [-0.05, 0) is 80.0 Å². The van der Waals surface area contributed by atoms with Crippen LogP contribution < -0.4 is 0 Å². The summed E-state index contributed by atoms with van der Waals surface area (Å²) < 4.78 is 0. The monoisotopic (exact) mass is 345 g/mol. The molecule has 140 valence electrons. The summed E-state index contributed by atoms with van der Waals surface area (Å²) in [5.41, 5.74) is 0.496. The SMILES string of the molecule is CC(=O)[C@H]1[C@@H](C)C[C@H]2[C@@H]3CCC4N(C)C(=O)CC[C@]4(C)[C@H]3CC[C@@]21C. The minimum absolute atomic E-state index is 0.214. The summed E-state index contributed by atoms with van der Waals surface area (Å²) in [5.74, 6) is 3.75. The van der Waals surface area contributed by atoms with E-state index >= 15 is 0 Å². The van der Waals surface area contributed by atoms with E-state index in [1.54, 1.807) is 0 Å². The van der Waals surface area contributed by atoms with Crippen molar-refractivity contribution in [3.8, 4) is 0 Å². The molecule has 0 spiro atoms. The van der Waals surface area contributed by atoms with Gasteiger partial charge in [0.15, 0.2) is 0 Å². The average molecular weight is 346 g/mol. The second-order valence-electron chi connectivity index (χ2n) is 10.3. The average Bonchev–Trinajstić information content (AvgIpc) is 2.81. The fourth-order valence-electron chi connectivity index (χ4n) is 8.38. The fraction of sp³-hybridized carbons (Fsp3) is 0.909. The van der Waals surface area contributed by atoms with Crippen LogP contribution in [0.1, 0.15) is 72.6 Å². The summed E-state index contributed by atoms with van der Waals surface area (Å²) in [6, 6.07) is 0.432. The molecule has 4 fully saturated rings. The first-order valence-corrected chi connectivity index (χ1v) is 10.5. The number of likely N-dealkylation sites (tertiary alicyclic amines) is 1. The molecule has 3 saturated carbocycles. The van der Waals surface area contributed by atoms with Gasteiger partial charge in [0, 0.05) is 25.4 Å². The number of nitrogens with zero attached hydrogens (tertiary/aromatic N) is 1. The summed E-state index contributed by atoms with van der Waals surface area (Å²) in [4.78, 5) is 26.7. The fourth-order valence-corrected chi connectivity index (χ4v) is 8.38. The van der Waals surface area contributed by atoms with E-state index in [2.05, 4.69) is 25.7 Å². The van der Waals surface area contributed by atoms with E-state index in [0.29, 0.717) is 29.6 Å². The maximum atomic E-state index is 12.4. The van der Waals surface area contributed by atoms with E-state index < -0.39 is 0 Å². The molecule has 0 bridgehead atoms. The van der Waals surface area contributed by atoms with Gasteiger partial charge in [0.2, 0.25) is 5.91 Å². The van der Waals surface area contributed by atoms with Crippen LogP contribution in [-0.4, -0.2) is 29.7 Å². The third kappa shape index (κ3) is 2.23. The molecular weight excluding hydrogens is 310 g/mol. The van der Waals surface area contributed by atoms with E-state index in [9.17, 15) is 9.59 Å². The van der Waals surface area contributed by atoms with Crippen molar-refractivity contribution in [1.29, 1.82) is 0 Å². The lowest BCUT2D eigenvalue weighted by molar-refractivity contribution is -0.159. The number of Topliss-reactive ketones (excluding diaryl/α,β-unsaturated/α-hetero) is 1. The van der Waals surface area contributed by atoms with Gasteiger partial charge < -0.3 is 4.90 Å². The molecule has 1 saturated heterocycles. The summed E-state index contributed by atoms with van der Waals surface area (Å²) in [6.45, 7) is 9.03. The Kier molecular flexibility index (Phi) is 3.91. The molecule has 1 amide bonds. The van der Waals surface area contributed by atoms with Crippen LogP contribution >= 0.6 is 0 Å². The number of piperidine rings is 1. The van der Waals surface area contributed by atoms with Crippen molar-refractivity contribution in [2.75, 3.05) is 7.05 Å². The van der Waals surface area contributed by atoms with Gasteiger partial charge in [-0.15, -0.1) is 0 Å². The lowest BCUT2D eigenvalue weighted by atomic mass is 9.46. The van der Waals surface area contributed by atoms with Crippen molar-refractivity contribution in [3.05, 3.63) is 0 Å². The Labute approximate surface area is 152 Å². The quantitative estimate of drug-likeness (QED) is 0.710. The van der Waals surface area contributed by atoms with Crippen LogP contribution in [0.25, 0.3) is 0 Å². The van der Waals surface area contributed by atoms with E-state index in [1.165, 1.54) is 25.7 Å². The zero-order valence-corrected chi connectivity index (χ0v) is 16.7. The number of fused-ring (bicyclic) bond motifs is 5. The number of carbonyl (C=O) groups excluding carboxylic acids is 2. The van der Waals surface area contributed by atoms with Crippen molar-refractivity contribution in [1.82, 2.24) is 4.90 Å². The normalized spacial score (nSPS) is 52.4. The van der Waals surface area contributed by atoms with Crippen molar-refractivity contribution in [2.45, 2.75) is 78.7 Å². The van der Waals surface area contributed by atoms with E-state index in [0.717, 1.165) is 31.1 Å². The van der Waals surface area contributed by atoms with Crippen LogP contribution in [0, 0.1) is 40.4 Å². The molecule has 4 aliphatic rings. The molecule has 0 radical (unpaired) electrons. The molecule has 3 heteroatoms. The number of hydrogen-bond donors (Lipinski definition) is 0. The van der Waals surface area contributed by atoms with Crippen molar-refractivity contribution < 1.29 is 9.59 Å². The summed E-state index contributed by atoms with van der Waals surface area (Å²) in [5, 5.41) is 0. The Bertz CT molecular complexity index is 601. The molecule has 4 rings (SSSR count). The minimum atomic E-state index is 0.214. The Morgan fingerprint density at radius 2 is 1.80 bits per heavy atom. The van der Waals surface area contributed by atoms with Gasteiger partial charge in [-0.25, -0.2) is 0 Å². The zero-order chi connectivity index (χ0) is 18.1. The van der Waals surface area contributed by atoms with E-state index in [1.807, 2.05) is 14.0 Å². The Morgan fingerprint density at radius 1 is 1.08 bits per heavy atom. The number of rotatable bonds is 1. The van der Waals surface area contributed by atoms with Crippen LogP contribution in [0.4, 0.5) is 0 Å². The summed E-state index contributed by atoms with van der Waals surface area (Å²) >= 11 is 0. The standard InChI is InChI=1S/C22H35NO2/c1-13-12-17-15-6-7-18-21(3,11-9-19(25)23(18)5)16(15)8-10-22(17,4)20(13)14(2)24/h13,15-18,20H,6-12H2,1-5H3/t13-,15+,16-,17-,18?,20+,21+,22-/m0/s1. The lowest BCUT2D eigenvalue weighted by Gasteiger charge is -2.61. The lowest BCUT2D eigenvalue weighted by Crippen LogP contribution is -2.61. The van der Waals surface area contributed by atoms with E-state index in [-0.39, 0.29) is 16.7 Å². The molecule has 3 aliphatic carbocycles. The first-order chi connectivity index (χ1) is 11.7. The van der Waals surface area contributed by atoms with Gasteiger partial charge in [0.1, 0.15) is 5.78 Å². The van der Waals surface area contributed by atoms with Gasteiger partial charge >= 0.3 is 0 Å². The second-order valence-corrected chi connectivity index (χ2v) is 10.3. The first-order valence-electron chi connectivity index (χ1n) is 10.5. The predicted molar refractivity (Wildman–Crippen MR) is 98.9 cm³/mol. The number of hydrogen-bond acceptors (Lipinski definition) is 2. The highest BCUT2D eigenvalue weighted by molar-refractivity contribution is 5.80. The molecule has 0 aromatic carbocycles. The Hall–Kier alpha value is -0.860. The third-order valence-corrected chi connectivity index (χ3v) is 9.34. The number of ketones is 1. The van der Waals surface area contributed by atoms with Crippen LogP contribution in [0.5, 0.6) is 0 Å². The molecule has 25 heavy (non-hydrogen) atoms. The van der Waals surface area contributed by atoms with Crippen molar-refractivity contribution >= 4 is 11.7 Å². The largest absolute Gasteiger partial charge is 0.342 e. The van der Waals surface area contributed by atoms with Crippen LogP contribution in [0.3, 0.4) is 0 Å². The molecule has 0 aromatic heterocycles. The molecular formula is C22H35NO2. The predicted octanol–water partition coefficient (Wildman–Crippen LogP) is 4.30. The van der Waals surface area contributed by atoms with Gasteiger partial charge in [-0.2, -0.15) is 0 Å². The smallest absolute Gasteiger partial charge is 0.222 e. The van der Waals surface area contributed by atoms with Crippen molar-refractivity contribution in [3.63, 3.8) is 0 Å². The van der Waals surface area contributed by atoms with Crippen LogP contribution in [-0.2, 0) is 9.59 Å². The van der Waals surface area contributed by atoms with Gasteiger partial charge in [0.25, 0.3) is 0 Å². The molecule has 3 nitrogen and oxygen atoms in total.